The summed E-state index contributed by atoms with van der Waals surface area (Å²) in [5, 5.41) is 12.9. The van der Waals surface area contributed by atoms with E-state index >= 15 is 0 Å². The molecule has 0 heterocycles. The molecule has 3 heteroatoms. The highest BCUT2D eigenvalue weighted by Gasteiger charge is 2.23. The van der Waals surface area contributed by atoms with Crippen LogP contribution in [-0.4, -0.2) is 23.2 Å². The van der Waals surface area contributed by atoms with Gasteiger partial charge in [0.2, 0.25) is 5.91 Å². The second-order valence-corrected chi connectivity index (χ2v) is 4.73. The number of carbonyl (C=O) groups is 1. The average molecular weight is 235 g/mol. The van der Waals surface area contributed by atoms with Crippen LogP contribution in [0, 0.1) is 5.92 Å². The van der Waals surface area contributed by atoms with Crippen molar-refractivity contribution >= 4 is 5.91 Å². The van der Waals surface area contributed by atoms with Gasteiger partial charge in [-0.25, -0.2) is 0 Å². The number of hydrogen-bond acceptors (Lipinski definition) is 2. The molecule has 1 amide bonds. The second kappa shape index (κ2) is 6.40. The lowest BCUT2D eigenvalue weighted by Gasteiger charge is -2.26. The molecule has 1 unspecified atom stereocenters. The SMILES string of the molecule is CC(=O)N[C@@H](Cc1ccccc1)C(O)C(C)C. The molecule has 1 aromatic carbocycles. The molecule has 0 saturated heterocycles. The molecule has 94 valence electrons. The maximum absolute atomic E-state index is 11.1. The Labute approximate surface area is 103 Å². The third-order valence-corrected chi connectivity index (χ3v) is 2.78. The van der Waals surface area contributed by atoms with Gasteiger partial charge in [-0.05, 0) is 17.9 Å². The number of carbonyl (C=O) groups excluding carboxylic acids is 1. The van der Waals surface area contributed by atoms with Crippen LogP contribution in [0.15, 0.2) is 30.3 Å². The average Bonchev–Trinajstić information content (AvgIpc) is 2.28. The predicted molar refractivity (Wildman–Crippen MR) is 68.6 cm³/mol. The van der Waals surface area contributed by atoms with Gasteiger partial charge in [0.15, 0.2) is 0 Å². The fraction of sp³-hybridized carbons (Fsp3) is 0.500. The molecule has 17 heavy (non-hydrogen) atoms. The number of amides is 1. The summed E-state index contributed by atoms with van der Waals surface area (Å²) in [4.78, 5) is 11.1. The minimum Gasteiger partial charge on any atom is -0.391 e. The quantitative estimate of drug-likeness (QED) is 0.817. The van der Waals surface area contributed by atoms with E-state index in [1.54, 1.807) is 0 Å². The van der Waals surface area contributed by atoms with Crippen molar-refractivity contribution in [1.29, 1.82) is 0 Å². The number of aliphatic hydroxyl groups excluding tert-OH is 1. The van der Waals surface area contributed by atoms with Crippen LogP contribution in [0.2, 0.25) is 0 Å². The zero-order valence-corrected chi connectivity index (χ0v) is 10.7. The van der Waals surface area contributed by atoms with Crippen molar-refractivity contribution in [1.82, 2.24) is 5.32 Å². The van der Waals surface area contributed by atoms with Gasteiger partial charge < -0.3 is 10.4 Å². The molecule has 0 aliphatic carbocycles. The summed E-state index contributed by atoms with van der Waals surface area (Å²) < 4.78 is 0. The van der Waals surface area contributed by atoms with Gasteiger partial charge in [0.25, 0.3) is 0 Å². The van der Waals surface area contributed by atoms with E-state index in [4.69, 9.17) is 0 Å². The molecule has 0 bridgehead atoms. The van der Waals surface area contributed by atoms with Gasteiger partial charge >= 0.3 is 0 Å². The Morgan fingerprint density at radius 1 is 1.29 bits per heavy atom. The first kappa shape index (κ1) is 13.7. The number of rotatable bonds is 5. The largest absolute Gasteiger partial charge is 0.391 e. The van der Waals surface area contributed by atoms with E-state index < -0.39 is 6.10 Å². The van der Waals surface area contributed by atoms with E-state index in [2.05, 4.69) is 5.32 Å². The number of benzene rings is 1. The molecule has 0 aromatic heterocycles. The summed E-state index contributed by atoms with van der Waals surface area (Å²) in [6.45, 7) is 5.37. The van der Waals surface area contributed by atoms with Crippen molar-refractivity contribution in [2.24, 2.45) is 5.92 Å². The van der Waals surface area contributed by atoms with Gasteiger partial charge in [-0.2, -0.15) is 0 Å². The van der Waals surface area contributed by atoms with Crippen LogP contribution in [0.5, 0.6) is 0 Å². The maximum atomic E-state index is 11.1. The van der Waals surface area contributed by atoms with Gasteiger partial charge in [0, 0.05) is 6.92 Å². The van der Waals surface area contributed by atoms with Crippen molar-refractivity contribution in [3.05, 3.63) is 35.9 Å². The molecule has 0 saturated carbocycles. The molecule has 1 aromatic rings. The highest BCUT2D eigenvalue weighted by atomic mass is 16.3. The highest BCUT2D eigenvalue weighted by molar-refractivity contribution is 5.73. The third-order valence-electron chi connectivity index (χ3n) is 2.78. The first-order chi connectivity index (χ1) is 8.00. The molecule has 0 radical (unpaired) electrons. The summed E-state index contributed by atoms with van der Waals surface area (Å²) in [5.41, 5.74) is 1.12. The summed E-state index contributed by atoms with van der Waals surface area (Å²) in [6.07, 6.45) is 0.124. The Hall–Kier alpha value is -1.35. The molecule has 0 spiro atoms. The number of nitrogens with one attached hydrogen (secondary N) is 1. The first-order valence-corrected chi connectivity index (χ1v) is 5.99. The van der Waals surface area contributed by atoms with E-state index in [1.807, 2.05) is 44.2 Å². The van der Waals surface area contributed by atoms with E-state index in [0.29, 0.717) is 6.42 Å². The van der Waals surface area contributed by atoms with Crippen LogP contribution in [-0.2, 0) is 11.2 Å². The monoisotopic (exact) mass is 235 g/mol. The van der Waals surface area contributed by atoms with Crippen LogP contribution in [0.1, 0.15) is 26.3 Å². The van der Waals surface area contributed by atoms with Crippen LogP contribution < -0.4 is 5.32 Å². The van der Waals surface area contributed by atoms with Crippen molar-refractivity contribution < 1.29 is 9.90 Å². The second-order valence-electron chi connectivity index (χ2n) is 4.73. The van der Waals surface area contributed by atoms with E-state index in [9.17, 15) is 9.90 Å². The van der Waals surface area contributed by atoms with Gasteiger partial charge in [-0.15, -0.1) is 0 Å². The van der Waals surface area contributed by atoms with Gasteiger partial charge in [0.1, 0.15) is 0 Å². The summed E-state index contributed by atoms with van der Waals surface area (Å²) >= 11 is 0. The normalized spacial score (nSPS) is 14.4. The summed E-state index contributed by atoms with van der Waals surface area (Å²) in [7, 11) is 0. The lowest BCUT2D eigenvalue weighted by Crippen LogP contribution is -2.46. The van der Waals surface area contributed by atoms with Crippen molar-refractivity contribution in [2.75, 3.05) is 0 Å². The Morgan fingerprint density at radius 3 is 2.35 bits per heavy atom. The fourth-order valence-electron chi connectivity index (χ4n) is 1.85. The summed E-state index contributed by atoms with van der Waals surface area (Å²) in [6, 6.07) is 9.65. The highest BCUT2D eigenvalue weighted by Crippen LogP contribution is 2.12. The fourth-order valence-corrected chi connectivity index (χ4v) is 1.85. The zero-order valence-electron chi connectivity index (χ0n) is 10.7. The lowest BCUT2D eigenvalue weighted by atomic mass is 9.94. The smallest absolute Gasteiger partial charge is 0.217 e. The van der Waals surface area contributed by atoms with Gasteiger partial charge in [0.05, 0.1) is 12.1 Å². The molecule has 2 atom stereocenters. The molecule has 0 fully saturated rings. The Morgan fingerprint density at radius 2 is 1.88 bits per heavy atom. The van der Waals surface area contributed by atoms with Crippen molar-refractivity contribution in [3.8, 4) is 0 Å². The Kier molecular flexibility index (Phi) is 5.16. The van der Waals surface area contributed by atoms with E-state index in [1.165, 1.54) is 6.92 Å². The Balaban J connectivity index is 2.73. The van der Waals surface area contributed by atoms with Crippen molar-refractivity contribution in [2.45, 2.75) is 39.3 Å². The molecule has 1 rings (SSSR count). The minimum atomic E-state index is -0.529. The van der Waals surface area contributed by atoms with Crippen LogP contribution in [0.4, 0.5) is 0 Å². The van der Waals surface area contributed by atoms with Crippen LogP contribution in [0.25, 0.3) is 0 Å². The topological polar surface area (TPSA) is 49.3 Å². The molecule has 2 N–H and O–H groups in total. The molecule has 0 aliphatic heterocycles. The maximum Gasteiger partial charge on any atom is 0.217 e. The first-order valence-electron chi connectivity index (χ1n) is 5.99. The van der Waals surface area contributed by atoms with Gasteiger partial charge in [-0.3, -0.25) is 4.79 Å². The number of hydrogen-bond donors (Lipinski definition) is 2. The standard InChI is InChI=1S/C14H21NO2/c1-10(2)14(17)13(15-11(3)16)9-12-7-5-4-6-8-12/h4-8,10,13-14,17H,9H2,1-3H3,(H,15,16)/t13-,14?/m0/s1. The van der Waals surface area contributed by atoms with E-state index in [0.717, 1.165) is 5.56 Å². The van der Waals surface area contributed by atoms with Gasteiger partial charge in [-0.1, -0.05) is 44.2 Å². The lowest BCUT2D eigenvalue weighted by molar-refractivity contribution is -0.120. The number of aliphatic hydroxyl groups is 1. The molecular formula is C14H21NO2. The predicted octanol–water partition coefficient (Wildman–Crippen LogP) is 1.75. The van der Waals surface area contributed by atoms with E-state index in [-0.39, 0.29) is 17.9 Å². The van der Waals surface area contributed by atoms with Crippen molar-refractivity contribution in [3.63, 3.8) is 0 Å². The molecule has 3 nitrogen and oxygen atoms in total. The van der Waals surface area contributed by atoms with Crippen LogP contribution >= 0.6 is 0 Å². The zero-order chi connectivity index (χ0) is 12.8. The third kappa shape index (κ3) is 4.57. The minimum absolute atomic E-state index is 0.106. The molecular weight excluding hydrogens is 214 g/mol. The Bertz CT molecular complexity index is 348. The molecule has 0 aliphatic rings. The van der Waals surface area contributed by atoms with Crippen LogP contribution in [0.3, 0.4) is 0 Å². The summed E-state index contributed by atoms with van der Waals surface area (Å²) in [5.74, 6) is 0.0150.